The minimum atomic E-state index is -0.246. The Bertz CT molecular complexity index is 407. The highest BCUT2D eigenvalue weighted by atomic mass is 16.5. The average Bonchev–Trinajstić information content (AvgIpc) is 2.37. The molecule has 0 saturated heterocycles. The van der Waals surface area contributed by atoms with E-state index in [1.54, 1.807) is 0 Å². The molecule has 0 aliphatic rings. The van der Waals surface area contributed by atoms with Gasteiger partial charge in [0.25, 0.3) is 0 Å². The zero-order chi connectivity index (χ0) is 12.5. The van der Waals surface area contributed by atoms with Crippen molar-refractivity contribution < 1.29 is 9.53 Å². The van der Waals surface area contributed by atoms with Gasteiger partial charge in [-0.25, -0.2) is 0 Å². The first kappa shape index (κ1) is 13.1. The van der Waals surface area contributed by atoms with Crippen LogP contribution in [0.15, 0.2) is 24.3 Å². The molecule has 0 amide bonds. The molecule has 0 unspecified atom stereocenters. The Morgan fingerprint density at radius 2 is 2.35 bits per heavy atom. The molecule has 0 spiro atoms. The Balaban J connectivity index is 2.34. The molecular formula is C14H17NO2. The molecule has 0 radical (unpaired) electrons. The van der Waals surface area contributed by atoms with Crippen molar-refractivity contribution in [1.82, 2.24) is 0 Å². The quantitative estimate of drug-likeness (QED) is 0.464. The molecule has 0 aliphatic heterocycles. The topological polar surface area (TPSA) is 38.3 Å². The van der Waals surface area contributed by atoms with E-state index in [1.807, 2.05) is 24.3 Å². The lowest BCUT2D eigenvalue weighted by Crippen LogP contribution is -2.17. The Morgan fingerprint density at radius 3 is 3.06 bits per heavy atom. The van der Waals surface area contributed by atoms with E-state index in [0.29, 0.717) is 6.61 Å². The number of nitrogens with one attached hydrogen (secondary N) is 1. The van der Waals surface area contributed by atoms with Crippen LogP contribution in [0, 0.1) is 12.3 Å². The second-order valence-corrected chi connectivity index (χ2v) is 3.65. The number of hydrogen-bond acceptors (Lipinski definition) is 3. The van der Waals surface area contributed by atoms with Crippen molar-refractivity contribution in [3.05, 3.63) is 29.8 Å². The SMILES string of the molecule is C#Cc1cccc(NCC(=O)OCCCC)c1. The summed E-state index contributed by atoms with van der Waals surface area (Å²) in [6.45, 7) is 2.70. The second-order valence-electron chi connectivity index (χ2n) is 3.65. The Kier molecular flexibility index (Phi) is 5.67. The van der Waals surface area contributed by atoms with Crippen molar-refractivity contribution in [3.8, 4) is 12.3 Å². The third-order valence-electron chi connectivity index (χ3n) is 2.23. The minimum Gasteiger partial charge on any atom is -0.464 e. The summed E-state index contributed by atoms with van der Waals surface area (Å²) in [4.78, 5) is 11.3. The van der Waals surface area contributed by atoms with Crippen LogP contribution < -0.4 is 5.32 Å². The number of carbonyl (C=O) groups excluding carboxylic acids is 1. The first-order valence-electron chi connectivity index (χ1n) is 5.72. The van der Waals surface area contributed by atoms with Crippen LogP contribution >= 0.6 is 0 Å². The third kappa shape index (κ3) is 5.07. The van der Waals surface area contributed by atoms with Gasteiger partial charge in [0.1, 0.15) is 6.54 Å². The van der Waals surface area contributed by atoms with Gasteiger partial charge < -0.3 is 10.1 Å². The summed E-state index contributed by atoms with van der Waals surface area (Å²) in [6, 6.07) is 7.37. The largest absolute Gasteiger partial charge is 0.464 e. The van der Waals surface area contributed by atoms with E-state index in [-0.39, 0.29) is 12.5 Å². The Labute approximate surface area is 102 Å². The minimum absolute atomic E-state index is 0.164. The number of rotatable bonds is 6. The van der Waals surface area contributed by atoms with Crippen LogP contribution in [0.5, 0.6) is 0 Å². The summed E-state index contributed by atoms with van der Waals surface area (Å²) in [5, 5.41) is 2.98. The summed E-state index contributed by atoms with van der Waals surface area (Å²) in [7, 11) is 0. The van der Waals surface area contributed by atoms with Gasteiger partial charge in [-0.3, -0.25) is 4.79 Å². The molecule has 0 aliphatic carbocycles. The standard InChI is InChI=1S/C14H17NO2/c1-3-5-9-17-14(16)11-15-13-8-6-7-12(4-2)10-13/h2,6-8,10,15H,3,5,9,11H2,1H3. The number of esters is 1. The van der Waals surface area contributed by atoms with Gasteiger partial charge in [0, 0.05) is 11.3 Å². The Hall–Kier alpha value is -1.95. The predicted molar refractivity (Wildman–Crippen MR) is 68.7 cm³/mol. The molecule has 3 nitrogen and oxygen atoms in total. The van der Waals surface area contributed by atoms with Crippen molar-refractivity contribution in [2.75, 3.05) is 18.5 Å². The molecule has 90 valence electrons. The number of anilines is 1. The maximum atomic E-state index is 11.3. The normalized spacial score (nSPS) is 9.41. The van der Waals surface area contributed by atoms with E-state index < -0.39 is 0 Å². The zero-order valence-electron chi connectivity index (χ0n) is 10.0. The number of hydrogen-bond donors (Lipinski definition) is 1. The third-order valence-corrected chi connectivity index (χ3v) is 2.23. The molecule has 1 N–H and O–H groups in total. The van der Waals surface area contributed by atoms with Crippen LogP contribution in [0.1, 0.15) is 25.3 Å². The summed E-state index contributed by atoms with van der Waals surface area (Å²) in [5.41, 5.74) is 1.61. The highest BCUT2D eigenvalue weighted by Crippen LogP contribution is 2.09. The number of benzene rings is 1. The van der Waals surface area contributed by atoms with Crippen LogP contribution in [-0.4, -0.2) is 19.1 Å². The van der Waals surface area contributed by atoms with Gasteiger partial charge in [-0.15, -0.1) is 6.42 Å². The van der Waals surface area contributed by atoms with Crippen LogP contribution in [0.2, 0.25) is 0 Å². The van der Waals surface area contributed by atoms with E-state index in [4.69, 9.17) is 11.2 Å². The molecule has 0 bridgehead atoms. The summed E-state index contributed by atoms with van der Waals surface area (Å²) in [5.74, 6) is 2.29. The molecule has 0 atom stereocenters. The maximum absolute atomic E-state index is 11.3. The van der Waals surface area contributed by atoms with Crippen LogP contribution in [0.4, 0.5) is 5.69 Å². The van der Waals surface area contributed by atoms with E-state index in [1.165, 1.54) is 0 Å². The molecule has 0 heterocycles. The fourth-order valence-electron chi connectivity index (χ4n) is 1.27. The van der Waals surface area contributed by atoms with Crippen LogP contribution in [0.25, 0.3) is 0 Å². The summed E-state index contributed by atoms with van der Waals surface area (Å²) >= 11 is 0. The van der Waals surface area contributed by atoms with Crippen molar-refractivity contribution in [2.24, 2.45) is 0 Å². The molecule has 0 saturated carbocycles. The van der Waals surface area contributed by atoms with Gasteiger partial charge >= 0.3 is 5.97 Å². The molecule has 1 rings (SSSR count). The summed E-state index contributed by atoms with van der Waals surface area (Å²) < 4.78 is 5.02. The number of ether oxygens (including phenoxy) is 1. The van der Waals surface area contributed by atoms with Gasteiger partial charge in [-0.05, 0) is 24.6 Å². The predicted octanol–water partition coefficient (Wildman–Crippen LogP) is 2.42. The highest BCUT2D eigenvalue weighted by molar-refractivity contribution is 5.75. The van der Waals surface area contributed by atoms with Crippen molar-refractivity contribution >= 4 is 11.7 Å². The second kappa shape index (κ2) is 7.34. The average molecular weight is 231 g/mol. The first-order chi connectivity index (χ1) is 8.26. The zero-order valence-corrected chi connectivity index (χ0v) is 10.0. The van der Waals surface area contributed by atoms with E-state index >= 15 is 0 Å². The van der Waals surface area contributed by atoms with Gasteiger partial charge in [0.15, 0.2) is 0 Å². The highest BCUT2D eigenvalue weighted by Gasteiger charge is 2.02. The first-order valence-corrected chi connectivity index (χ1v) is 5.72. The molecule has 1 aromatic carbocycles. The number of carbonyl (C=O) groups is 1. The van der Waals surface area contributed by atoms with Gasteiger partial charge in [-0.1, -0.05) is 25.3 Å². The lowest BCUT2D eigenvalue weighted by molar-refractivity contribution is -0.141. The van der Waals surface area contributed by atoms with E-state index in [9.17, 15) is 4.79 Å². The molecule has 1 aromatic rings. The van der Waals surface area contributed by atoms with E-state index in [0.717, 1.165) is 24.1 Å². The molecule has 3 heteroatoms. The fraction of sp³-hybridized carbons (Fsp3) is 0.357. The Morgan fingerprint density at radius 1 is 1.53 bits per heavy atom. The molecule has 0 aromatic heterocycles. The monoisotopic (exact) mass is 231 g/mol. The van der Waals surface area contributed by atoms with Crippen molar-refractivity contribution in [2.45, 2.75) is 19.8 Å². The lowest BCUT2D eigenvalue weighted by Gasteiger charge is -2.07. The van der Waals surface area contributed by atoms with Crippen molar-refractivity contribution in [3.63, 3.8) is 0 Å². The summed E-state index contributed by atoms with van der Waals surface area (Å²) in [6.07, 6.45) is 7.21. The molecule has 17 heavy (non-hydrogen) atoms. The van der Waals surface area contributed by atoms with Gasteiger partial charge in [0.05, 0.1) is 6.61 Å². The smallest absolute Gasteiger partial charge is 0.325 e. The number of unbranched alkanes of at least 4 members (excludes halogenated alkanes) is 1. The van der Waals surface area contributed by atoms with E-state index in [2.05, 4.69) is 18.2 Å². The van der Waals surface area contributed by atoms with Crippen molar-refractivity contribution in [1.29, 1.82) is 0 Å². The maximum Gasteiger partial charge on any atom is 0.325 e. The molecular weight excluding hydrogens is 214 g/mol. The van der Waals surface area contributed by atoms with Gasteiger partial charge in [-0.2, -0.15) is 0 Å². The van der Waals surface area contributed by atoms with Crippen LogP contribution in [-0.2, 0) is 9.53 Å². The number of terminal acetylenes is 1. The lowest BCUT2D eigenvalue weighted by atomic mass is 10.2. The molecule has 0 fully saturated rings. The fourth-order valence-corrected chi connectivity index (χ4v) is 1.27. The van der Waals surface area contributed by atoms with Crippen LogP contribution in [0.3, 0.4) is 0 Å². The van der Waals surface area contributed by atoms with Gasteiger partial charge in [0.2, 0.25) is 0 Å².